The normalized spacial score (nSPS) is 18.8. The van der Waals surface area contributed by atoms with Crippen LogP contribution in [0.25, 0.3) is 16.6 Å². The van der Waals surface area contributed by atoms with E-state index in [1.807, 2.05) is 36.5 Å². The van der Waals surface area contributed by atoms with Crippen LogP contribution < -0.4 is 5.32 Å². The zero-order valence-corrected chi connectivity index (χ0v) is 17.1. The highest BCUT2D eigenvalue weighted by atomic mass is 16.1. The molecule has 0 atom stereocenters. The summed E-state index contributed by atoms with van der Waals surface area (Å²) in [6.45, 7) is 0.610. The Bertz CT molecular complexity index is 1260. The molecule has 0 aliphatic heterocycles. The second kappa shape index (κ2) is 8.19. The molecular formula is C23H23N7O. The fraction of sp³-hybridized carbons (Fsp3) is 0.348. The predicted molar refractivity (Wildman–Crippen MR) is 115 cm³/mol. The smallest absolute Gasteiger partial charge is 0.223 e. The zero-order valence-electron chi connectivity index (χ0n) is 17.1. The third kappa shape index (κ3) is 3.75. The molecule has 1 saturated carbocycles. The van der Waals surface area contributed by atoms with Crippen molar-refractivity contribution >= 4 is 22.5 Å². The van der Waals surface area contributed by atoms with Gasteiger partial charge in [-0.15, -0.1) is 5.10 Å². The van der Waals surface area contributed by atoms with Gasteiger partial charge in [0, 0.05) is 30.0 Å². The number of carbonyl (C=O) groups excluding carboxylic acids is 1. The van der Waals surface area contributed by atoms with Crippen molar-refractivity contribution in [2.24, 2.45) is 5.92 Å². The van der Waals surface area contributed by atoms with Gasteiger partial charge in [0.05, 0.1) is 17.3 Å². The molecule has 0 unspecified atom stereocenters. The lowest BCUT2D eigenvalue weighted by Crippen LogP contribution is -2.34. The number of hydrogen-bond acceptors (Lipinski definition) is 5. The predicted octanol–water partition coefficient (Wildman–Crippen LogP) is 3.11. The lowest BCUT2D eigenvalue weighted by molar-refractivity contribution is -0.126. The highest BCUT2D eigenvalue weighted by molar-refractivity contribution is 5.92. The minimum atomic E-state index is 0.0491. The molecule has 156 valence electrons. The molecule has 0 saturated heterocycles. The van der Waals surface area contributed by atoms with Gasteiger partial charge in [-0.25, -0.2) is 9.50 Å². The fourth-order valence-corrected chi connectivity index (χ4v) is 4.54. The molecule has 0 spiro atoms. The average molecular weight is 413 g/mol. The molecule has 3 aromatic heterocycles. The molecule has 1 amide bonds. The van der Waals surface area contributed by atoms with Crippen molar-refractivity contribution in [3.63, 3.8) is 0 Å². The molecule has 1 aliphatic carbocycles. The van der Waals surface area contributed by atoms with Crippen molar-refractivity contribution in [1.82, 2.24) is 30.1 Å². The van der Waals surface area contributed by atoms with Crippen LogP contribution in [0.15, 0.2) is 42.9 Å². The van der Waals surface area contributed by atoms with Crippen LogP contribution >= 0.6 is 0 Å². The molecular weight excluding hydrogens is 390 g/mol. The van der Waals surface area contributed by atoms with Crippen LogP contribution in [0.4, 0.5) is 0 Å². The Hall–Kier alpha value is -3.73. The number of H-pyrrole nitrogens is 1. The number of benzene rings is 1. The Kier molecular flexibility index (Phi) is 5.08. The number of amides is 1. The number of aromatic nitrogens is 5. The van der Waals surface area contributed by atoms with E-state index in [1.165, 1.54) is 0 Å². The van der Waals surface area contributed by atoms with Gasteiger partial charge in [0.15, 0.2) is 0 Å². The molecule has 4 aromatic rings. The van der Waals surface area contributed by atoms with Crippen molar-refractivity contribution in [3.05, 3.63) is 59.7 Å². The molecule has 5 rings (SSSR count). The number of nitrogens with one attached hydrogen (secondary N) is 2. The van der Waals surface area contributed by atoms with Crippen molar-refractivity contribution in [2.75, 3.05) is 6.54 Å². The van der Waals surface area contributed by atoms with Gasteiger partial charge in [-0.1, -0.05) is 17.3 Å². The maximum Gasteiger partial charge on any atom is 0.223 e. The van der Waals surface area contributed by atoms with Gasteiger partial charge in [0.2, 0.25) is 5.91 Å². The quantitative estimate of drug-likeness (QED) is 0.522. The summed E-state index contributed by atoms with van der Waals surface area (Å²) in [5, 5.41) is 21.7. The Labute approximate surface area is 179 Å². The molecule has 1 fully saturated rings. The van der Waals surface area contributed by atoms with Crippen LogP contribution in [-0.2, 0) is 11.2 Å². The Morgan fingerprint density at radius 1 is 1.19 bits per heavy atom. The summed E-state index contributed by atoms with van der Waals surface area (Å²) in [4.78, 5) is 20.1. The maximum atomic E-state index is 12.6. The summed E-state index contributed by atoms with van der Waals surface area (Å²) >= 11 is 0. The SMILES string of the molecule is N#Cc1ccc(CCNC(=O)C2CCC(c3nnn4cnc5[nH]ccc5c34)CC2)cc1. The van der Waals surface area contributed by atoms with E-state index in [2.05, 4.69) is 31.7 Å². The largest absolute Gasteiger partial charge is 0.356 e. The van der Waals surface area contributed by atoms with Crippen LogP contribution in [-0.4, -0.2) is 37.2 Å². The Morgan fingerprint density at radius 3 is 2.77 bits per heavy atom. The number of aromatic amines is 1. The first kappa shape index (κ1) is 19.2. The van der Waals surface area contributed by atoms with Crippen LogP contribution in [0.5, 0.6) is 0 Å². The van der Waals surface area contributed by atoms with Crippen molar-refractivity contribution < 1.29 is 4.79 Å². The lowest BCUT2D eigenvalue weighted by Gasteiger charge is -2.26. The number of nitrogens with zero attached hydrogens (tertiary/aromatic N) is 5. The first-order valence-corrected chi connectivity index (χ1v) is 10.7. The summed E-state index contributed by atoms with van der Waals surface area (Å²) in [6.07, 6.45) is 7.90. The second-order valence-corrected chi connectivity index (χ2v) is 8.15. The monoisotopic (exact) mass is 413 g/mol. The average Bonchev–Trinajstić information content (AvgIpc) is 3.46. The first-order valence-electron chi connectivity index (χ1n) is 10.7. The van der Waals surface area contributed by atoms with Crippen molar-refractivity contribution in [3.8, 4) is 6.07 Å². The van der Waals surface area contributed by atoms with E-state index in [9.17, 15) is 4.79 Å². The van der Waals surface area contributed by atoms with E-state index in [1.54, 1.807) is 10.8 Å². The molecule has 8 heteroatoms. The van der Waals surface area contributed by atoms with Crippen LogP contribution in [0.1, 0.15) is 48.4 Å². The maximum absolute atomic E-state index is 12.6. The van der Waals surface area contributed by atoms with E-state index in [0.29, 0.717) is 18.0 Å². The van der Waals surface area contributed by atoms with Gasteiger partial charge < -0.3 is 10.3 Å². The minimum absolute atomic E-state index is 0.0491. The molecule has 2 N–H and O–H groups in total. The van der Waals surface area contributed by atoms with Gasteiger partial charge >= 0.3 is 0 Å². The molecule has 0 bridgehead atoms. The van der Waals surface area contributed by atoms with E-state index >= 15 is 0 Å². The van der Waals surface area contributed by atoms with Gasteiger partial charge in [0.25, 0.3) is 0 Å². The number of fused-ring (bicyclic) bond motifs is 3. The summed E-state index contributed by atoms with van der Waals surface area (Å²) in [6, 6.07) is 11.6. The lowest BCUT2D eigenvalue weighted by atomic mass is 9.79. The van der Waals surface area contributed by atoms with Crippen LogP contribution in [0.2, 0.25) is 0 Å². The van der Waals surface area contributed by atoms with Gasteiger partial charge in [-0.2, -0.15) is 5.26 Å². The van der Waals surface area contributed by atoms with Gasteiger partial charge in [-0.05, 0) is 55.9 Å². The van der Waals surface area contributed by atoms with Crippen LogP contribution in [0, 0.1) is 17.2 Å². The van der Waals surface area contributed by atoms with E-state index < -0.39 is 0 Å². The summed E-state index contributed by atoms with van der Waals surface area (Å²) < 4.78 is 1.74. The number of rotatable bonds is 5. The number of nitriles is 1. The molecule has 31 heavy (non-hydrogen) atoms. The molecule has 1 aliphatic rings. The van der Waals surface area contributed by atoms with Gasteiger partial charge in [-0.3, -0.25) is 4.79 Å². The van der Waals surface area contributed by atoms with Gasteiger partial charge in [0.1, 0.15) is 17.5 Å². The van der Waals surface area contributed by atoms with Crippen molar-refractivity contribution in [2.45, 2.75) is 38.0 Å². The second-order valence-electron chi connectivity index (χ2n) is 8.15. The van der Waals surface area contributed by atoms with Crippen LogP contribution in [0.3, 0.4) is 0 Å². The molecule has 3 heterocycles. The third-order valence-electron chi connectivity index (χ3n) is 6.28. The molecule has 0 radical (unpaired) electrons. The third-order valence-corrected chi connectivity index (χ3v) is 6.28. The summed E-state index contributed by atoms with van der Waals surface area (Å²) in [5.41, 5.74) is 4.63. The van der Waals surface area contributed by atoms with E-state index in [4.69, 9.17) is 5.26 Å². The Morgan fingerprint density at radius 2 is 2.00 bits per heavy atom. The topological polar surface area (TPSA) is 112 Å². The highest BCUT2D eigenvalue weighted by Gasteiger charge is 2.30. The standard InChI is InChI=1S/C23H23N7O/c24-13-16-3-1-15(2-4-16)9-11-26-23(31)18-7-5-17(6-8-18)20-21-19-10-12-25-22(19)27-14-30(21)29-28-20/h1-4,10,12,14,17-18,25H,5-9,11H2,(H,26,31). The first-order chi connectivity index (χ1) is 15.2. The molecule has 1 aromatic carbocycles. The summed E-state index contributed by atoms with van der Waals surface area (Å²) in [5.74, 6) is 0.492. The Balaban J connectivity index is 1.18. The van der Waals surface area contributed by atoms with E-state index in [0.717, 1.165) is 59.9 Å². The molecule has 8 nitrogen and oxygen atoms in total. The zero-order chi connectivity index (χ0) is 21.2. The number of carbonyl (C=O) groups is 1. The van der Waals surface area contributed by atoms with Crippen molar-refractivity contribution in [1.29, 1.82) is 5.26 Å². The number of hydrogen-bond donors (Lipinski definition) is 2. The fourth-order valence-electron chi connectivity index (χ4n) is 4.54. The highest BCUT2D eigenvalue weighted by Crippen LogP contribution is 2.37. The van der Waals surface area contributed by atoms with E-state index in [-0.39, 0.29) is 11.8 Å². The summed E-state index contributed by atoms with van der Waals surface area (Å²) in [7, 11) is 0. The minimum Gasteiger partial charge on any atom is -0.356 e.